The third-order valence-corrected chi connectivity index (χ3v) is 7.93. The van der Waals surface area contributed by atoms with Crippen LogP contribution in [0.25, 0.3) is 0 Å². The second kappa shape index (κ2) is 11.1. The first kappa shape index (κ1) is 21.5. The molecule has 4 heteroatoms. The maximum atomic E-state index is 12.3. The van der Waals surface area contributed by atoms with E-state index in [9.17, 15) is 9.59 Å². The molecule has 2 amide bonds. The smallest absolute Gasteiger partial charge is 0.261 e. The van der Waals surface area contributed by atoms with Crippen LogP contribution in [0.5, 0.6) is 0 Å². The number of benzene rings is 2. The molecule has 1 aliphatic rings. The van der Waals surface area contributed by atoms with Gasteiger partial charge in [-0.15, -0.1) is 0 Å². The van der Waals surface area contributed by atoms with Crippen LogP contribution in [0.2, 0.25) is 5.54 Å². The molecule has 1 atom stereocenters. The molecule has 0 unspecified atom stereocenters. The van der Waals surface area contributed by atoms with E-state index < -0.39 is 0 Å². The number of carbonyl (C=O) groups is 2. The Morgan fingerprint density at radius 3 is 1.86 bits per heavy atom. The minimum absolute atomic E-state index is 0.126. The molecule has 3 nitrogen and oxygen atoms in total. The van der Waals surface area contributed by atoms with Gasteiger partial charge in [0.1, 0.15) is 0 Å². The highest BCUT2D eigenvalue weighted by Gasteiger charge is 2.34. The van der Waals surface area contributed by atoms with Crippen molar-refractivity contribution in [3.8, 4) is 0 Å². The topological polar surface area (TPSA) is 37.4 Å². The van der Waals surface area contributed by atoms with E-state index in [0.717, 1.165) is 18.4 Å². The van der Waals surface area contributed by atoms with Crippen LogP contribution in [-0.4, -0.2) is 32.8 Å². The lowest BCUT2D eigenvalue weighted by Crippen LogP contribution is -2.30. The Morgan fingerprint density at radius 2 is 1.24 bits per heavy atom. The fraction of sp³-hybridized carbons (Fsp3) is 0.440. The van der Waals surface area contributed by atoms with Crippen molar-refractivity contribution >= 4 is 26.5 Å². The van der Waals surface area contributed by atoms with Gasteiger partial charge in [0.25, 0.3) is 11.8 Å². The van der Waals surface area contributed by atoms with E-state index in [1.165, 1.54) is 43.4 Å². The van der Waals surface area contributed by atoms with Crippen LogP contribution in [-0.2, 0) is 0 Å². The number of carbonyl (C=O) groups excluding carboxylic acids is 2. The SMILES string of the molecule is C[C@@H](CCCCCCCCCN1C(=O)c2ccccc2C1=O)[SiH2]c1ccccc1. The van der Waals surface area contributed by atoms with Gasteiger partial charge in [-0.2, -0.15) is 0 Å². The van der Waals surface area contributed by atoms with Crippen LogP contribution in [0.3, 0.4) is 0 Å². The lowest BCUT2D eigenvalue weighted by molar-refractivity contribution is 0.0651. The molecule has 0 bridgehead atoms. The Kier molecular flexibility index (Phi) is 8.23. The predicted octanol–water partition coefficient (Wildman–Crippen LogP) is 4.71. The molecule has 1 heterocycles. The Balaban J connectivity index is 1.21. The number of nitrogens with zero attached hydrogens (tertiary/aromatic N) is 1. The molecule has 1 aliphatic heterocycles. The molecule has 2 aromatic rings. The highest BCUT2D eigenvalue weighted by molar-refractivity contribution is 6.54. The third kappa shape index (κ3) is 6.14. The molecule has 0 N–H and O–H groups in total. The van der Waals surface area contributed by atoms with Gasteiger partial charge in [0, 0.05) is 6.54 Å². The van der Waals surface area contributed by atoms with Crippen molar-refractivity contribution in [2.75, 3.05) is 6.54 Å². The van der Waals surface area contributed by atoms with Crippen molar-refractivity contribution < 1.29 is 9.59 Å². The van der Waals surface area contributed by atoms with Gasteiger partial charge < -0.3 is 0 Å². The number of rotatable bonds is 12. The molecule has 154 valence electrons. The number of amides is 2. The third-order valence-electron chi connectivity index (χ3n) is 5.88. The van der Waals surface area contributed by atoms with Gasteiger partial charge >= 0.3 is 0 Å². The first-order chi connectivity index (χ1) is 14.2. The minimum Gasteiger partial charge on any atom is -0.274 e. The summed E-state index contributed by atoms with van der Waals surface area (Å²) in [6.45, 7) is 2.96. The largest absolute Gasteiger partial charge is 0.274 e. The molecule has 0 saturated carbocycles. The number of unbranched alkanes of at least 4 members (excludes halogenated alkanes) is 6. The fourth-order valence-electron chi connectivity index (χ4n) is 4.21. The van der Waals surface area contributed by atoms with E-state index in [4.69, 9.17) is 0 Å². The number of hydrogen-bond acceptors (Lipinski definition) is 2. The molecule has 0 aromatic heterocycles. The zero-order chi connectivity index (χ0) is 20.5. The molecule has 0 aliphatic carbocycles. The van der Waals surface area contributed by atoms with E-state index in [1.54, 1.807) is 17.3 Å². The Bertz CT molecular complexity index is 770. The van der Waals surface area contributed by atoms with Crippen molar-refractivity contribution in [3.63, 3.8) is 0 Å². The average molecular weight is 408 g/mol. The van der Waals surface area contributed by atoms with Crippen molar-refractivity contribution in [2.45, 2.75) is 63.8 Å². The normalized spacial score (nSPS) is 14.7. The monoisotopic (exact) mass is 407 g/mol. The second-order valence-electron chi connectivity index (χ2n) is 8.37. The lowest BCUT2D eigenvalue weighted by Gasteiger charge is -2.13. The first-order valence-electron chi connectivity index (χ1n) is 11.2. The summed E-state index contributed by atoms with van der Waals surface area (Å²) in [5.74, 6) is -0.252. The summed E-state index contributed by atoms with van der Waals surface area (Å²) in [6, 6.07) is 18.1. The van der Waals surface area contributed by atoms with E-state index in [-0.39, 0.29) is 21.3 Å². The van der Waals surface area contributed by atoms with Gasteiger partial charge in [-0.3, -0.25) is 14.5 Å². The summed E-state index contributed by atoms with van der Waals surface area (Å²) in [6.07, 6.45) is 9.77. The molecule has 0 radical (unpaired) electrons. The van der Waals surface area contributed by atoms with Crippen LogP contribution in [0.15, 0.2) is 54.6 Å². The van der Waals surface area contributed by atoms with Gasteiger partial charge in [0.15, 0.2) is 0 Å². The molecular formula is C25H33NO2Si. The van der Waals surface area contributed by atoms with E-state index >= 15 is 0 Å². The summed E-state index contributed by atoms with van der Waals surface area (Å²) in [7, 11) is -0.133. The highest BCUT2D eigenvalue weighted by atomic mass is 28.2. The van der Waals surface area contributed by atoms with Gasteiger partial charge in [0.2, 0.25) is 0 Å². The maximum absolute atomic E-state index is 12.3. The van der Waals surface area contributed by atoms with Crippen molar-refractivity contribution in [1.82, 2.24) is 4.90 Å². The maximum Gasteiger partial charge on any atom is 0.261 e. The summed E-state index contributed by atoms with van der Waals surface area (Å²) in [4.78, 5) is 26.1. The molecular weight excluding hydrogens is 374 g/mol. The molecule has 0 fully saturated rings. The van der Waals surface area contributed by atoms with Crippen LogP contribution < -0.4 is 5.19 Å². The Hall–Kier alpha value is -2.20. The van der Waals surface area contributed by atoms with Crippen LogP contribution in [0.4, 0.5) is 0 Å². The lowest BCUT2D eigenvalue weighted by atomic mass is 10.1. The van der Waals surface area contributed by atoms with Crippen molar-refractivity contribution in [3.05, 3.63) is 65.7 Å². The molecule has 0 spiro atoms. The van der Waals surface area contributed by atoms with Crippen molar-refractivity contribution in [2.24, 2.45) is 0 Å². The quantitative estimate of drug-likeness (QED) is 0.290. The minimum atomic E-state index is -0.133. The van der Waals surface area contributed by atoms with Crippen molar-refractivity contribution in [1.29, 1.82) is 0 Å². The molecule has 29 heavy (non-hydrogen) atoms. The van der Waals surface area contributed by atoms with Gasteiger partial charge in [-0.25, -0.2) is 0 Å². The molecule has 3 rings (SSSR count). The first-order valence-corrected chi connectivity index (χ1v) is 12.7. The van der Waals surface area contributed by atoms with Crippen LogP contribution in [0.1, 0.15) is 79.0 Å². The average Bonchev–Trinajstić information content (AvgIpc) is 2.98. The van der Waals surface area contributed by atoms with E-state index in [1.807, 2.05) is 12.1 Å². The number of hydrogen-bond donors (Lipinski definition) is 0. The van der Waals surface area contributed by atoms with E-state index in [2.05, 4.69) is 37.3 Å². The van der Waals surface area contributed by atoms with Gasteiger partial charge in [0.05, 0.1) is 20.6 Å². The van der Waals surface area contributed by atoms with Gasteiger partial charge in [-0.05, 0) is 24.1 Å². The van der Waals surface area contributed by atoms with E-state index in [0.29, 0.717) is 17.7 Å². The number of fused-ring (bicyclic) bond motifs is 1. The fourth-order valence-corrected chi connectivity index (χ4v) is 6.05. The number of imide groups is 1. The standard InChI is InChI=1S/C25H33NO2Si/c1-20(29-21-15-9-7-10-16-21)14-8-5-3-2-4-6-13-19-26-24(27)22-17-11-12-18-23(22)25(26)28/h7,9-12,15-18,20H,2-6,8,13-14,19,29H2,1H3/t20-/m0/s1. The predicted molar refractivity (Wildman–Crippen MR) is 123 cm³/mol. The van der Waals surface area contributed by atoms with Crippen LogP contribution in [0, 0.1) is 0 Å². The zero-order valence-corrected chi connectivity index (χ0v) is 19.0. The zero-order valence-electron chi connectivity index (χ0n) is 17.6. The highest BCUT2D eigenvalue weighted by Crippen LogP contribution is 2.23. The summed E-state index contributed by atoms with van der Waals surface area (Å²) in [5.41, 5.74) is 2.00. The second-order valence-corrected chi connectivity index (χ2v) is 11.0. The molecule has 0 saturated heterocycles. The Labute approximate surface area is 177 Å². The molecule has 2 aromatic carbocycles. The summed E-state index contributed by atoms with van der Waals surface area (Å²) in [5, 5.41) is 1.58. The van der Waals surface area contributed by atoms with Gasteiger partial charge in [-0.1, -0.05) is 99.5 Å². The van der Waals surface area contributed by atoms with Crippen LogP contribution >= 0.6 is 0 Å². The Morgan fingerprint density at radius 1 is 0.724 bits per heavy atom. The summed E-state index contributed by atoms with van der Waals surface area (Å²) < 4.78 is 0. The summed E-state index contributed by atoms with van der Waals surface area (Å²) >= 11 is 0.